The van der Waals surface area contributed by atoms with Crippen LogP contribution in [0.3, 0.4) is 0 Å². The average Bonchev–Trinajstić information content (AvgIpc) is 2.57. The number of nitrogens with one attached hydrogen (secondary N) is 3. The van der Waals surface area contributed by atoms with Crippen LogP contribution in [0.15, 0.2) is 53.5 Å². The van der Waals surface area contributed by atoms with Crippen molar-refractivity contribution in [1.82, 2.24) is 10.6 Å². The number of anilines is 1. The summed E-state index contributed by atoms with van der Waals surface area (Å²) in [6, 6.07) is 15.4. The van der Waals surface area contributed by atoms with Gasteiger partial charge in [0.15, 0.2) is 5.96 Å². The molecule has 0 aliphatic rings. The van der Waals surface area contributed by atoms with Crippen molar-refractivity contribution in [2.45, 2.75) is 26.9 Å². The molecular weight excluding hydrogens is 336 g/mol. The van der Waals surface area contributed by atoms with Crippen molar-refractivity contribution >= 4 is 29.2 Å². The van der Waals surface area contributed by atoms with Gasteiger partial charge in [-0.25, -0.2) is 4.99 Å². The number of amides is 1. The van der Waals surface area contributed by atoms with E-state index in [1.165, 1.54) is 6.92 Å². The lowest BCUT2D eigenvalue weighted by Crippen LogP contribution is -2.36. The van der Waals surface area contributed by atoms with E-state index in [-0.39, 0.29) is 5.91 Å². The van der Waals surface area contributed by atoms with Crippen molar-refractivity contribution in [3.8, 4) is 0 Å². The summed E-state index contributed by atoms with van der Waals surface area (Å²) in [5.74, 6) is 0.647. The first-order chi connectivity index (χ1) is 12.1. The van der Waals surface area contributed by atoms with Crippen LogP contribution < -0.4 is 16.0 Å². The minimum Gasteiger partial charge on any atom is -0.357 e. The standard InChI is InChI=1S/C19H23ClN4O/c1-3-21-19(22-12-15-6-4-8-17(20)10-15)23-13-16-7-5-9-18(11-16)24-14(2)25/h4-11H,3,12-13H2,1-2H3,(H,24,25)(H2,21,22,23). The molecule has 2 rings (SSSR count). The van der Waals surface area contributed by atoms with Crippen LogP contribution in [0.5, 0.6) is 0 Å². The smallest absolute Gasteiger partial charge is 0.221 e. The van der Waals surface area contributed by atoms with Gasteiger partial charge in [0, 0.05) is 30.7 Å². The molecule has 132 valence electrons. The lowest BCUT2D eigenvalue weighted by Gasteiger charge is -2.12. The number of rotatable bonds is 6. The first kappa shape index (κ1) is 18.8. The summed E-state index contributed by atoms with van der Waals surface area (Å²) in [5.41, 5.74) is 2.89. The Morgan fingerprint density at radius 3 is 2.56 bits per heavy atom. The van der Waals surface area contributed by atoms with Gasteiger partial charge in [0.25, 0.3) is 0 Å². The SMILES string of the molecule is CCNC(=NCc1cccc(Cl)c1)NCc1cccc(NC(C)=O)c1. The van der Waals surface area contributed by atoms with E-state index in [1.54, 1.807) is 0 Å². The highest BCUT2D eigenvalue weighted by molar-refractivity contribution is 6.30. The predicted molar refractivity (Wildman–Crippen MR) is 104 cm³/mol. The quantitative estimate of drug-likeness (QED) is 0.546. The third kappa shape index (κ3) is 6.85. The average molecular weight is 359 g/mol. The Balaban J connectivity index is 1.99. The molecule has 0 aromatic heterocycles. The van der Waals surface area contributed by atoms with Crippen LogP contribution in [0, 0.1) is 0 Å². The minimum atomic E-state index is -0.0819. The zero-order valence-electron chi connectivity index (χ0n) is 14.5. The molecule has 0 unspecified atom stereocenters. The van der Waals surface area contributed by atoms with Crippen molar-refractivity contribution in [2.24, 2.45) is 4.99 Å². The summed E-state index contributed by atoms with van der Waals surface area (Å²) < 4.78 is 0. The van der Waals surface area contributed by atoms with Crippen molar-refractivity contribution in [3.05, 3.63) is 64.7 Å². The van der Waals surface area contributed by atoms with Gasteiger partial charge in [0.1, 0.15) is 0 Å². The fourth-order valence-corrected chi connectivity index (χ4v) is 2.51. The zero-order valence-corrected chi connectivity index (χ0v) is 15.2. The van der Waals surface area contributed by atoms with Gasteiger partial charge in [-0.2, -0.15) is 0 Å². The van der Waals surface area contributed by atoms with Gasteiger partial charge < -0.3 is 16.0 Å². The lowest BCUT2D eigenvalue weighted by molar-refractivity contribution is -0.114. The maximum Gasteiger partial charge on any atom is 0.221 e. The Labute approximate surface area is 153 Å². The molecule has 0 aliphatic heterocycles. The van der Waals surface area contributed by atoms with E-state index in [0.29, 0.717) is 18.1 Å². The lowest BCUT2D eigenvalue weighted by atomic mass is 10.2. The highest BCUT2D eigenvalue weighted by atomic mass is 35.5. The number of hydrogen-bond donors (Lipinski definition) is 3. The van der Waals surface area contributed by atoms with Gasteiger partial charge in [-0.1, -0.05) is 35.9 Å². The predicted octanol–water partition coefficient (Wildman–Crippen LogP) is 3.55. The van der Waals surface area contributed by atoms with E-state index < -0.39 is 0 Å². The zero-order chi connectivity index (χ0) is 18.1. The van der Waals surface area contributed by atoms with Gasteiger partial charge in [-0.3, -0.25) is 4.79 Å². The maximum absolute atomic E-state index is 11.2. The molecule has 0 fully saturated rings. The molecule has 0 bridgehead atoms. The maximum atomic E-state index is 11.2. The number of nitrogens with zero attached hydrogens (tertiary/aromatic N) is 1. The number of benzene rings is 2. The number of aliphatic imine (C=N–C) groups is 1. The molecule has 0 spiro atoms. The summed E-state index contributed by atoms with van der Waals surface area (Å²) >= 11 is 6.00. The molecule has 25 heavy (non-hydrogen) atoms. The van der Waals surface area contributed by atoms with Crippen LogP contribution in [0.1, 0.15) is 25.0 Å². The van der Waals surface area contributed by atoms with E-state index in [1.807, 2.05) is 55.5 Å². The van der Waals surface area contributed by atoms with Crippen LogP contribution in [-0.4, -0.2) is 18.4 Å². The van der Waals surface area contributed by atoms with Crippen LogP contribution in [0.2, 0.25) is 5.02 Å². The van der Waals surface area contributed by atoms with Crippen LogP contribution in [0.25, 0.3) is 0 Å². The number of hydrogen-bond acceptors (Lipinski definition) is 2. The Bertz CT molecular complexity index is 746. The van der Waals surface area contributed by atoms with Gasteiger partial charge in [0.2, 0.25) is 5.91 Å². The summed E-state index contributed by atoms with van der Waals surface area (Å²) in [4.78, 5) is 15.7. The van der Waals surface area contributed by atoms with Crippen molar-refractivity contribution in [1.29, 1.82) is 0 Å². The summed E-state index contributed by atoms with van der Waals surface area (Å²) in [5, 5.41) is 10.0. The van der Waals surface area contributed by atoms with E-state index in [9.17, 15) is 4.79 Å². The molecule has 2 aromatic rings. The molecule has 0 atom stereocenters. The molecule has 6 heteroatoms. The Kier molecular flexibility index (Phi) is 7.29. The first-order valence-electron chi connectivity index (χ1n) is 8.20. The molecule has 5 nitrogen and oxygen atoms in total. The fourth-order valence-electron chi connectivity index (χ4n) is 2.30. The molecule has 0 saturated heterocycles. The Morgan fingerprint density at radius 1 is 1.08 bits per heavy atom. The second-order valence-electron chi connectivity index (χ2n) is 5.56. The van der Waals surface area contributed by atoms with Crippen LogP contribution in [-0.2, 0) is 17.9 Å². The molecule has 2 aromatic carbocycles. The third-order valence-corrected chi connectivity index (χ3v) is 3.60. The second kappa shape index (κ2) is 9.69. The number of halogens is 1. The molecular formula is C19H23ClN4O. The van der Waals surface area contributed by atoms with Gasteiger partial charge in [-0.15, -0.1) is 0 Å². The molecule has 0 saturated carbocycles. The topological polar surface area (TPSA) is 65.5 Å². The number of carbonyl (C=O) groups excluding carboxylic acids is 1. The fraction of sp³-hybridized carbons (Fsp3) is 0.263. The Morgan fingerprint density at radius 2 is 1.84 bits per heavy atom. The third-order valence-electron chi connectivity index (χ3n) is 3.36. The summed E-state index contributed by atoms with van der Waals surface area (Å²) in [6.07, 6.45) is 0. The Hall–Kier alpha value is -2.53. The first-order valence-corrected chi connectivity index (χ1v) is 8.57. The second-order valence-corrected chi connectivity index (χ2v) is 6.00. The normalized spacial score (nSPS) is 11.1. The van der Waals surface area contributed by atoms with Gasteiger partial charge in [-0.05, 0) is 42.3 Å². The van der Waals surface area contributed by atoms with Gasteiger partial charge >= 0.3 is 0 Å². The highest BCUT2D eigenvalue weighted by Gasteiger charge is 2.01. The molecule has 0 radical (unpaired) electrons. The van der Waals surface area contributed by atoms with E-state index >= 15 is 0 Å². The van der Waals surface area contributed by atoms with Crippen LogP contribution in [0.4, 0.5) is 5.69 Å². The largest absolute Gasteiger partial charge is 0.357 e. The summed E-state index contributed by atoms with van der Waals surface area (Å²) in [7, 11) is 0. The van der Waals surface area contributed by atoms with E-state index in [2.05, 4.69) is 20.9 Å². The highest BCUT2D eigenvalue weighted by Crippen LogP contribution is 2.12. The van der Waals surface area contributed by atoms with Gasteiger partial charge in [0.05, 0.1) is 6.54 Å². The molecule has 1 amide bonds. The number of carbonyl (C=O) groups is 1. The van der Waals surface area contributed by atoms with E-state index in [4.69, 9.17) is 11.6 Å². The van der Waals surface area contributed by atoms with Crippen molar-refractivity contribution in [3.63, 3.8) is 0 Å². The monoisotopic (exact) mass is 358 g/mol. The van der Waals surface area contributed by atoms with Crippen molar-refractivity contribution in [2.75, 3.05) is 11.9 Å². The molecule has 0 aliphatic carbocycles. The molecule has 0 heterocycles. The van der Waals surface area contributed by atoms with Crippen molar-refractivity contribution < 1.29 is 4.79 Å². The minimum absolute atomic E-state index is 0.0819. The number of guanidine groups is 1. The molecule has 3 N–H and O–H groups in total. The van der Waals surface area contributed by atoms with E-state index in [0.717, 1.165) is 29.3 Å². The van der Waals surface area contributed by atoms with Crippen LogP contribution >= 0.6 is 11.6 Å². The summed E-state index contributed by atoms with van der Waals surface area (Å²) in [6.45, 7) is 5.44.